The highest BCUT2D eigenvalue weighted by Crippen LogP contribution is 2.44. The first-order valence-corrected chi connectivity index (χ1v) is 8.71. The van der Waals surface area contributed by atoms with E-state index in [4.69, 9.17) is 4.74 Å². The second-order valence-corrected chi connectivity index (χ2v) is 6.29. The molecule has 0 bridgehead atoms. The summed E-state index contributed by atoms with van der Waals surface area (Å²) in [5, 5.41) is 0. The quantitative estimate of drug-likeness (QED) is 0.633. The number of carbonyl (C=O) groups is 1. The molecule has 0 fully saturated rings. The van der Waals surface area contributed by atoms with Gasteiger partial charge in [0.25, 0.3) is 0 Å². The number of benzene rings is 3. The number of carbonyl (C=O) groups excluding carboxylic acids is 1. The summed E-state index contributed by atoms with van der Waals surface area (Å²) in [4.78, 5) is 12.0. The minimum absolute atomic E-state index is 0. The normalized spacial score (nSPS) is 11.9. The average molecular weight is 381 g/mol. The van der Waals surface area contributed by atoms with E-state index >= 15 is 0 Å². The number of halogens is 1. The van der Waals surface area contributed by atoms with E-state index in [-0.39, 0.29) is 18.3 Å². The molecule has 0 radical (unpaired) electrons. The summed E-state index contributed by atoms with van der Waals surface area (Å²) in [6.07, 6.45) is -0.470. The molecule has 0 heterocycles. The summed E-state index contributed by atoms with van der Waals surface area (Å²) >= 11 is 0. The summed E-state index contributed by atoms with van der Waals surface area (Å²) < 4.78 is 5.47. The molecule has 1 aliphatic carbocycles. The molecule has 0 aromatic heterocycles. The Morgan fingerprint density at radius 1 is 0.815 bits per heavy atom. The van der Waals surface area contributed by atoms with E-state index < -0.39 is 6.09 Å². The van der Waals surface area contributed by atoms with E-state index in [0.717, 1.165) is 5.56 Å². The minimum Gasteiger partial charge on any atom is -0.448 e. The maximum Gasteiger partial charge on any atom is 0.421 e. The van der Waals surface area contributed by atoms with Crippen LogP contribution in [-0.2, 0) is 11.3 Å². The number of fused-ring (bicyclic) bond motifs is 3. The molecule has 0 spiro atoms. The minimum atomic E-state index is -0.470. The van der Waals surface area contributed by atoms with Crippen molar-refractivity contribution in [1.82, 2.24) is 10.9 Å². The van der Waals surface area contributed by atoms with Crippen LogP contribution in [0.3, 0.4) is 0 Å². The van der Waals surface area contributed by atoms with E-state index in [9.17, 15) is 4.79 Å². The molecule has 0 atom stereocenters. The number of hydrogen-bond acceptors (Lipinski definition) is 3. The van der Waals surface area contributed by atoms with Gasteiger partial charge in [0.15, 0.2) is 0 Å². The van der Waals surface area contributed by atoms with E-state index in [1.165, 1.54) is 22.3 Å². The van der Waals surface area contributed by atoms with Gasteiger partial charge in [-0.05, 0) is 27.8 Å². The number of nitrogens with one attached hydrogen (secondary N) is 2. The third-order valence-corrected chi connectivity index (χ3v) is 4.67. The lowest BCUT2D eigenvalue weighted by molar-refractivity contribution is 0.138. The van der Waals surface area contributed by atoms with Crippen LogP contribution in [0.5, 0.6) is 0 Å². The molecule has 138 valence electrons. The van der Waals surface area contributed by atoms with Crippen molar-refractivity contribution in [3.63, 3.8) is 0 Å². The number of amides is 1. The van der Waals surface area contributed by atoms with Crippen molar-refractivity contribution in [2.75, 3.05) is 6.61 Å². The van der Waals surface area contributed by atoms with Crippen molar-refractivity contribution < 1.29 is 9.53 Å². The smallest absolute Gasteiger partial charge is 0.421 e. The topological polar surface area (TPSA) is 50.4 Å². The first kappa shape index (κ1) is 19.0. The zero-order chi connectivity index (χ0) is 17.8. The molecule has 0 saturated carbocycles. The number of hydrogen-bond donors (Lipinski definition) is 2. The molecular weight excluding hydrogens is 360 g/mol. The van der Waals surface area contributed by atoms with Crippen molar-refractivity contribution in [2.45, 2.75) is 12.5 Å². The Bertz CT molecular complexity index is 869. The molecule has 27 heavy (non-hydrogen) atoms. The van der Waals surface area contributed by atoms with E-state index in [2.05, 4.69) is 35.1 Å². The molecule has 2 N–H and O–H groups in total. The maximum atomic E-state index is 12.0. The van der Waals surface area contributed by atoms with Gasteiger partial charge >= 0.3 is 6.09 Å². The fraction of sp³-hybridized carbons (Fsp3) is 0.136. The first-order chi connectivity index (χ1) is 12.8. The Morgan fingerprint density at radius 2 is 1.37 bits per heavy atom. The highest BCUT2D eigenvalue weighted by atomic mass is 35.5. The molecule has 3 aromatic carbocycles. The summed E-state index contributed by atoms with van der Waals surface area (Å²) in [6, 6.07) is 26.5. The van der Waals surface area contributed by atoms with Gasteiger partial charge in [0, 0.05) is 12.5 Å². The van der Waals surface area contributed by atoms with Crippen molar-refractivity contribution >= 4 is 18.5 Å². The molecule has 5 heteroatoms. The van der Waals surface area contributed by atoms with Crippen LogP contribution in [0.25, 0.3) is 11.1 Å². The van der Waals surface area contributed by atoms with Gasteiger partial charge in [0.2, 0.25) is 0 Å². The lowest BCUT2D eigenvalue weighted by Crippen LogP contribution is -2.37. The number of rotatable bonds is 5. The number of hydrazine groups is 1. The fourth-order valence-electron chi connectivity index (χ4n) is 3.45. The lowest BCUT2D eigenvalue weighted by atomic mass is 9.98. The predicted molar refractivity (Wildman–Crippen MR) is 109 cm³/mol. The Labute approximate surface area is 164 Å². The van der Waals surface area contributed by atoms with Gasteiger partial charge in [-0.1, -0.05) is 78.9 Å². The third kappa shape index (κ3) is 4.13. The van der Waals surface area contributed by atoms with Crippen LogP contribution >= 0.6 is 12.4 Å². The molecule has 1 amide bonds. The summed E-state index contributed by atoms with van der Waals surface area (Å²) in [7, 11) is 0. The summed E-state index contributed by atoms with van der Waals surface area (Å²) in [6.45, 7) is 0.859. The summed E-state index contributed by atoms with van der Waals surface area (Å²) in [5.41, 5.74) is 11.4. The monoisotopic (exact) mass is 380 g/mol. The van der Waals surface area contributed by atoms with Gasteiger partial charge in [-0.15, -0.1) is 12.4 Å². The second kappa shape index (κ2) is 8.71. The van der Waals surface area contributed by atoms with Gasteiger partial charge in [-0.3, -0.25) is 5.43 Å². The van der Waals surface area contributed by atoms with Crippen LogP contribution in [0.1, 0.15) is 22.6 Å². The Kier molecular flexibility index (Phi) is 6.12. The first-order valence-electron chi connectivity index (χ1n) is 8.71. The predicted octanol–water partition coefficient (Wildman–Crippen LogP) is 4.65. The Balaban J connectivity index is 0.00000210. The van der Waals surface area contributed by atoms with Crippen molar-refractivity contribution in [2.24, 2.45) is 0 Å². The zero-order valence-corrected chi connectivity index (χ0v) is 15.5. The van der Waals surface area contributed by atoms with Crippen molar-refractivity contribution in [3.05, 3.63) is 95.6 Å². The van der Waals surface area contributed by atoms with Crippen LogP contribution in [0.2, 0.25) is 0 Å². The van der Waals surface area contributed by atoms with Gasteiger partial charge in [-0.25, -0.2) is 10.2 Å². The fourth-order valence-corrected chi connectivity index (χ4v) is 3.45. The second-order valence-electron chi connectivity index (χ2n) is 6.29. The zero-order valence-electron chi connectivity index (χ0n) is 14.7. The van der Waals surface area contributed by atoms with Crippen molar-refractivity contribution in [1.29, 1.82) is 0 Å². The summed E-state index contributed by atoms with van der Waals surface area (Å²) in [5.74, 6) is 0.0715. The van der Waals surface area contributed by atoms with Gasteiger partial charge in [0.1, 0.15) is 6.61 Å². The molecule has 4 rings (SSSR count). The van der Waals surface area contributed by atoms with Gasteiger partial charge < -0.3 is 4.74 Å². The SMILES string of the molecule is Cl.O=C(NNCc1ccccc1)OCC1c2ccccc2-c2ccccc21. The number of ether oxygens (including phenoxy) is 1. The standard InChI is InChI=1S/C22H20N2O2.ClH/c25-22(24-23-14-16-8-2-1-3-9-16)26-15-21-19-12-6-4-10-17(19)18-11-5-7-13-20(18)21;/h1-13,21,23H,14-15H2,(H,24,25);1H. The highest BCUT2D eigenvalue weighted by Gasteiger charge is 2.28. The van der Waals surface area contributed by atoms with Crippen LogP contribution in [0.15, 0.2) is 78.9 Å². The third-order valence-electron chi connectivity index (χ3n) is 4.67. The lowest BCUT2D eigenvalue weighted by Gasteiger charge is -2.15. The average Bonchev–Trinajstić information content (AvgIpc) is 3.01. The maximum absolute atomic E-state index is 12.0. The molecule has 0 unspecified atom stereocenters. The van der Waals surface area contributed by atoms with Crippen molar-refractivity contribution in [3.8, 4) is 11.1 Å². The Morgan fingerprint density at radius 3 is 2.00 bits per heavy atom. The molecule has 1 aliphatic rings. The molecule has 0 aliphatic heterocycles. The molecule has 3 aromatic rings. The van der Waals surface area contributed by atoms with Gasteiger partial charge in [0.05, 0.1) is 0 Å². The van der Waals surface area contributed by atoms with E-state index in [1.54, 1.807) is 0 Å². The Hall–Kier alpha value is -2.82. The van der Waals surface area contributed by atoms with Crippen LogP contribution in [-0.4, -0.2) is 12.7 Å². The molecule has 0 saturated heterocycles. The molecule has 4 nitrogen and oxygen atoms in total. The van der Waals surface area contributed by atoms with Gasteiger partial charge in [-0.2, -0.15) is 0 Å². The van der Waals surface area contributed by atoms with Crippen LogP contribution < -0.4 is 10.9 Å². The molecular formula is C22H21ClN2O2. The highest BCUT2D eigenvalue weighted by molar-refractivity contribution is 5.85. The van der Waals surface area contributed by atoms with Crippen LogP contribution in [0.4, 0.5) is 4.79 Å². The van der Waals surface area contributed by atoms with Crippen LogP contribution in [0, 0.1) is 0 Å². The van der Waals surface area contributed by atoms with E-state index in [0.29, 0.717) is 13.2 Å². The van der Waals surface area contributed by atoms with E-state index in [1.807, 2.05) is 54.6 Å². The largest absolute Gasteiger partial charge is 0.448 e.